The average molecular weight is 250 g/mol. The summed E-state index contributed by atoms with van der Waals surface area (Å²) < 4.78 is 12.7. The number of benzene rings is 1. The van der Waals surface area contributed by atoms with Crippen molar-refractivity contribution in [2.45, 2.75) is 25.8 Å². The predicted molar refractivity (Wildman–Crippen MR) is 65.4 cm³/mol. The Morgan fingerprint density at radius 2 is 2.00 bits per heavy atom. The number of likely N-dealkylation sites (tertiary alicyclic amines) is 1. The molecular formula is C13H15FN2O2. The summed E-state index contributed by atoms with van der Waals surface area (Å²) in [5.74, 6) is -0.653. The standard InChI is InChI=1S/C13H15FN2O2/c1-9(17)16-8-2-3-12(16)13(18)15-11-6-4-10(14)5-7-11/h4-7,12H,2-3,8H2,1H3,(H,15,18)/t12-/m1/s1. The Morgan fingerprint density at radius 1 is 1.33 bits per heavy atom. The number of amides is 2. The second-order valence-electron chi connectivity index (χ2n) is 4.37. The number of hydrogen-bond acceptors (Lipinski definition) is 2. The zero-order valence-electron chi connectivity index (χ0n) is 10.1. The van der Waals surface area contributed by atoms with Crippen molar-refractivity contribution < 1.29 is 14.0 Å². The molecule has 0 aromatic heterocycles. The van der Waals surface area contributed by atoms with Gasteiger partial charge in [0.05, 0.1) is 0 Å². The Bertz CT molecular complexity index is 459. The molecule has 0 unspecified atom stereocenters. The number of halogens is 1. The lowest BCUT2D eigenvalue weighted by molar-refractivity contribution is -0.134. The van der Waals surface area contributed by atoms with E-state index in [1.165, 1.54) is 31.2 Å². The third-order valence-corrected chi connectivity index (χ3v) is 3.07. The molecule has 0 bridgehead atoms. The fourth-order valence-corrected chi connectivity index (χ4v) is 2.17. The fraction of sp³-hybridized carbons (Fsp3) is 0.385. The summed E-state index contributed by atoms with van der Waals surface area (Å²) in [5, 5.41) is 2.70. The van der Waals surface area contributed by atoms with Gasteiger partial charge in [-0.3, -0.25) is 9.59 Å². The molecule has 2 rings (SSSR count). The van der Waals surface area contributed by atoms with Crippen molar-refractivity contribution in [1.29, 1.82) is 0 Å². The molecule has 1 aliphatic rings. The molecule has 0 radical (unpaired) electrons. The van der Waals surface area contributed by atoms with Crippen LogP contribution in [-0.2, 0) is 9.59 Å². The number of carbonyl (C=O) groups excluding carboxylic acids is 2. The lowest BCUT2D eigenvalue weighted by Crippen LogP contribution is -2.42. The van der Waals surface area contributed by atoms with Gasteiger partial charge in [0.25, 0.3) is 0 Å². The summed E-state index contributed by atoms with van der Waals surface area (Å²) in [6.07, 6.45) is 1.51. The van der Waals surface area contributed by atoms with E-state index in [9.17, 15) is 14.0 Å². The number of carbonyl (C=O) groups is 2. The normalized spacial score (nSPS) is 18.8. The molecule has 4 nitrogen and oxygen atoms in total. The van der Waals surface area contributed by atoms with Crippen LogP contribution in [0.5, 0.6) is 0 Å². The van der Waals surface area contributed by atoms with E-state index in [-0.39, 0.29) is 17.6 Å². The molecule has 18 heavy (non-hydrogen) atoms. The molecule has 1 aliphatic heterocycles. The molecule has 0 spiro atoms. The van der Waals surface area contributed by atoms with Crippen LogP contribution in [-0.4, -0.2) is 29.3 Å². The first-order valence-electron chi connectivity index (χ1n) is 5.91. The smallest absolute Gasteiger partial charge is 0.247 e. The van der Waals surface area contributed by atoms with Gasteiger partial charge in [0, 0.05) is 19.2 Å². The van der Waals surface area contributed by atoms with Crippen molar-refractivity contribution in [1.82, 2.24) is 4.90 Å². The highest BCUT2D eigenvalue weighted by Gasteiger charge is 2.32. The maximum Gasteiger partial charge on any atom is 0.247 e. The first-order chi connectivity index (χ1) is 8.58. The average Bonchev–Trinajstić information content (AvgIpc) is 2.81. The van der Waals surface area contributed by atoms with E-state index >= 15 is 0 Å². The molecule has 96 valence electrons. The van der Waals surface area contributed by atoms with Crippen LogP contribution in [0.3, 0.4) is 0 Å². The van der Waals surface area contributed by atoms with Crippen LogP contribution in [0.15, 0.2) is 24.3 Å². The minimum Gasteiger partial charge on any atom is -0.331 e. The summed E-state index contributed by atoms with van der Waals surface area (Å²) in [6.45, 7) is 2.08. The molecule has 1 N–H and O–H groups in total. The molecule has 1 aromatic carbocycles. The van der Waals surface area contributed by atoms with Gasteiger partial charge in [0.1, 0.15) is 11.9 Å². The van der Waals surface area contributed by atoms with Crippen molar-refractivity contribution in [3.63, 3.8) is 0 Å². The Hall–Kier alpha value is -1.91. The van der Waals surface area contributed by atoms with Crippen LogP contribution in [0.25, 0.3) is 0 Å². The molecule has 0 saturated carbocycles. The summed E-state index contributed by atoms with van der Waals surface area (Å²) in [5.41, 5.74) is 0.539. The van der Waals surface area contributed by atoms with Crippen molar-refractivity contribution in [2.75, 3.05) is 11.9 Å². The van der Waals surface area contributed by atoms with Gasteiger partial charge in [-0.1, -0.05) is 0 Å². The van der Waals surface area contributed by atoms with Crippen molar-refractivity contribution in [2.24, 2.45) is 0 Å². The van der Waals surface area contributed by atoms with E-state index in [4.69, 9.17) is 0 Å². The Morgan fingerprint density at radius 3 is 2.61 bits per heavy atom. The second-order valence-corrected chi connectivity index (χ2v) is 4.37. The van der Waals surface area contributed by atoms with E-state index in [1.807, 2.05) is 0 Å². The quantitative estimate of drug-likeness (QED) is 0.869. The first-order valence-corrected chi connectivity index (χ1v) is 5.91. The minimum absolute atomic E-state index is 0.0910. The van der Waals surface area contributed by atoms with Gasteiger partial charge in [-0.25, -0.2) is 4.39 Å². The van der Waals surface area contributed by atoms with Crippen molar-refractivity contribution in [3.8, 4) is 0 Å². The number of rotatable bonds is 2. The predicted octanol–water partition coefficient (Wildman–Crippen LogP) is 1.78. The van der Waals surface area contributed by atoms with Gasteiger partial charge in [-0.15, -0.1) is 0 Å². The van der Waals surface area contributed by atoms with E-state index in [0.717, 1.165) is 6.42 Å². The highest BCUT2D eigenvalue weighted by atomic mass is 19.1. The zero-order valence-corrected chi connectivity index (χ0v) is 10.1. The van der Waals surface area contributed by atoms with Gasteiger partial charge in [-0.05, 0) is 37.1 Å². The Kier molecular flexibility index (Phi) is 3.60. The zero-order chi connectivity index (χ0) is 13.1. The molecule has 1 atom stereocenters. The summed E-state index contributed by atoms with van der Waals surface area (Å²) in [6, 6.07) is 5.16. The van der Waals surface area contributed by atoms with E-state index < -0.39 is 6.04 Å². The molecule has 0 aliphatic carbocycles. The molecular weight excluding hydrogens is 235 g/mol. The summed E-state index contributed by atoms with van der Waals surface area (Å²) >= 11 is 0. The molecule has 5 heteroatoms. The third-order valence-electron chi connectivity index (χ3n) is 3.07. The summed E-state index contributed by atoms with van der Waals surface area (Å²) in [7, 11) is 0. The molecule has 1 aromatic rings. The lowest BCUT2D eigenvalue weighted by atomic mass is 10.2. The monoisotopic (exact) mass is 250 g/mol. The highest BCUT2D eigenvalue weighted by molar-refractivity contribution is 5.97. The number of nitrogens with one attached hydrogen (secondary N) is 1. The number of hydrogen-bond donors (Lipinski definition) is 1. The van der Waals surface area contributed by atoms with Gasteiger partial charge in [-0.2, -0.15) is 0 Å². The van der Waals surface area contributed by atoms with Gasteiger partial charge >= 0.3 is 0 Å². The molecule has 1 heterocycles. The Labute approximate surface area is 105 Å². The maximum atomic E-state index is 12.7. The van der Waals surface area contributed by atoms with E-state index in [2.05, 4.69) is 5.32 Å². The number of anilines is 1. The Balaban J connectivity index is 2.03. The van der Waals surface area contributed by atoms with Crippen LogP contribution in [0.2, 0.25) is 0 Å². The van der Waals surface area contributed by atoms with Crippen LogP contribution < -0.4 is 5.32 Å². The lowest BCUT2D eigenvalue weighted by Gasteiger charge is -2.22. The van der Waals surface area contributed by atoms with E-state index in [0.29, 0.717) is 18.7 Å². The summed E-state index contributed by atoms with van der Waals surface area (Å²) in [4.78, 5) is 24.9. The largest absolute Gasteiger partial charge is 0.331 e. The van der Waals surface area contributed by atoms with Gasteiger partial charge in [0.15, 0.2) is 0 Å². The highest BCUT2D eigenvalue weighted by Crippen LogP contribution is 2.19. The molecule has 1 fully saturated rings. The van der Waals surface area contributed by atoms with Gasteiger partial charge in [0.2, 0.25) is 11.8 Å². The second kappa shape index (κ2) is 5.16. The minimum atomic E-state index is -0.410. The molecule has 1 saturated heterocycles. The van der Waals surface area contributed by atoms with Crippen LogP contribution in [0.4, 0.5) is 10.1 Å². The van der Waals surface area contributed by atoms with Crippen molar-refractivity contribution >= 4 is 17.5 Å². The van der Waals surface area contributed by atoms with Crippen molar-refractivity contribution in [3.05, 3.63) is 30.1 Å². The maximum absolute atomic E-state index is 12.7. The van der Waals surface area contributed by atoms with Crippen LogP contribution >= 0.6 is 0 Å². The van der Waals surface area contributed by atoms with E-state index in [1.54, 1.807) is 4.90 Å². The third kappa shape index (κ3) is 2.67. The fourth-order valence-electron chi connectivity index (χ4n) is 2.17. The van der Waals surface area contributed by atoms with Crippen LogP contribution in [0, 0.1) is 5.82 Å². The number of nitrogens with zero attached hydrogens (tertiary/aromatic N) is 1. The topological polar surface area (TPSA) is 49.4 Å². The van der Waals surface area contributed by atoms with Gasteiger partial charge < -0.3 is 10.2 Å². The van der Waals surface area contributed by atoms with Crippen LogP contribution in [0.1, 0.15) is 19.8 Å². The molecule has 2 amide bonds. The SMILES string of the molecule is CC(=O)N1CCC[C@@H]1C(=O)Nc1ccc(F)cc1. The first kappa shape index (κ1) is 12.5.